The molecule has 0 saturated carbocycles. The average molecular weight is 262 g/mol. The molecule has 0 bridgehead atoms. The first kappa shape index (κ1) is 13.5. The van der Waals surface area contributed by atoms with Crippen LogP contribution in [0.5, 0.6) is 0 Å². The molecule has 5 nitrogen and oxygen atoms in total. The molecule has 3 N–H and O–H groups in total. The average Bonchev–Trinajstić information content (AvgIpc) is 2.36. The first-order chi connectivity index (χ1) is 8.99. The number of anilines is 1. The smallest absolute Gasteiger partial charge is 0.305 e. The minimum absolute atomic E-state index is 0.318. The summed E-state index contributed by atoms with van der Waals surface area (Å²) in [6.45, 7) is 2.65. The lowest BCUT2D eigenvalue weighted by Gasteiger charge is -2.34. The van der Waals surface area contributed by atoms with Gasteiger partial charge in [-0.15, -0.1) is 0 Å². The fourth-order valence-electron chi connectivity index (χ4n) is 2.48. The number of carboxylic acids is 1. The standard InChI is InChI=1S/C14H18N2O3/c1-9-6-10-4-2-3-5-12(10)16(8-9)14(19)11(15)7-13(17)18/h2-5,9,11H,6-8,15H2,1H3,(H,17,18). The van der Waals surface area contributed by atoms with E-state index in [9.17, 15) is 9.59 Å². The van der Waals surface area contributed by atoms with Crippen LogP contribution in [0.1, 0.15) is 18.9 Å². The van der Waals surface area contributed by atoms with Gasteiger partial charge in [0.1, 0.15) is 0 Å². The summed E-state index contributed by atoms with van der Waals surface area (Å²) in [7, 11) is 0. The van der Waals surface area contributed by atoms with Crippen molar-refractivity contribution >= 4 is 17.6 Å². The SMILES string of the molecule is CC1Cc2ccccc2N(C(=O)C(N)CC(=O)O)C1. The van der Waals surface area contributed by atoms with E-state index in [1.165, 1.54) is 0 Å². The normalized spacial score (nSPS) is 19.7. The van der Waals surface area contributed by atoms with Crippen molar-refractivity contribution < 1.29 is 14.7 Å². The van der Waals surface area contributed by atoms with Gasteiger partial charge >= 0.3 is 5.97 Å². The van der Waals surface area contributed by atoms with E-state index in [2.05, 4.69) is 6.92 Å². The second-order valence-corrected chi connectivity index (χ2v) is 5.09. The van der Waals surface area contributed by atoms with Gasteiger partial charge < -0.3 is 15.7 Å². The summed E-state index contributed by atoms with van der Waals surface area (Å²) in [4.78, 5) is 24.6. The van der Waals surface area contributed by atoms with Crippen LogP contribution in [0.2, 0.25) is 0 Å². The largest absolute Gasteiger partial charge is 0.481 e. The number of amides is 1. The fourth-order valence-corrected chi connectivity index (χ4v) is 2.48. The molecule has 0 saturated heterocycles. The summed E-state index contributed by atoms with van der Waals surface area (Å²) in [5.74, 6) is -1.03. The first-order valence-electron chi connectivity index (χ1n) is 6.35. The van der Waals surface area contributed by atoms with Crippen molar-refractivity contribution in [1.29, 1.82) is 0 Å². The number of nitrogens with two attached hydrogens (primary N) is 1. The van der Waals surface area contributed by atoms with Crippen LogP contribution in [0, 0.1) is 5.92 Å². The summed E-state index contributed by atoms with van der Waals surface area (Å²) in [5, 5.41) is 8.73. The van der Waals surface area contributed by atoms with Gasteiger partial charge in [-0.25, -0.2) is 0 Å². The van der Waals surface area contributed by atoms with E-state index in [0.717, 1.165) is 17.7 Å². The minimum Gasteiger partial charge on any atom is -0.481 e. The van der Waals surface area contributed by atoms with Crippen LogP contribution in [-0.2, 0) is 16.0 Å². The second kappa shape index (κ2) is 5.40. The van der Waals surface area contributed by atoms with Crippen LogP contribution in [-0.4, -0.2) is 29.6 Å². The van der Waals surface area contributed by atoms with Crippen molar-refractivity contribution in [3.63, 3.8) is 0 Å². The molecule has 0 fully saturated rings. The Morgan fingerprint density at radius 2 is 2.16 bits per heavy atom. The van der Waals surface area contributed by atoms with Crippen molar-refractivity contribution in [3.8, 4) is 0 Å². The lowest BCUT2D eigenvalue weighted by Crippen LogP contribution is -2.48. The number of aliphatic carboxylic acids is 1. The quantitative estimate of drug-likeness (QED) is 0.851. The highest BCUT2D eigenvalue weighted by Gasteiger charge is 2.30. The van der Waals surface area contributed by atoms with Crippen molar-refractivity contribution in [2.45, 2.75) is 25.8 Å². The monoisotopic (exact) mass is 262 g/mol. The number of benzene rings is 1. The van der Waals surface area contributed by atoms with Gasteiger partial charge in [0.15, 0.2) is 0 Å². The molecule has 102 valence electrons. The zero-order valence-electron chi connectivity index (χ0n) is 10.9. The molecule has 0 aromatic heterocycles. The van der Waals surface area contributed by atoms with Crippen molar-refractivity contribution in [2.24, 2.45) is 11.7 Å². The molecule has 1 amide bonds. The Labute approximate surface area is 112 Å². The van der Waals surface area contributed by atoms with E-state index in [4.69, 9.17) is 10.8 Å². The molecule has 1 aromatic rings. The van der Waals surface area contributed by atoms with Crippen molar-refractivity contribution in [3.05, 3.63) is 29.8 Å². The van der Waals surface area contributed by atoms with Crippen LogP contribution in [0.15, 0.2) is 24.3 Å². The Bertz CT molecular complexity index is 501. The molecule has 0 aliphatic carbocycles. The maximum absolute atomic E-state index is 12.3. The van der Waals surface area contributed by atoms with Crippen LogP contribution >= 0.6 is 0 Å². The van der Waals surface area contributed by atoms with Crippen LogP contribution < -0.4 is 10.6 Å². The van der Waals surface area contributed by atoms with Crippen LogP contribution in [0.4, 0.5) is 5.69 Å². The van der Waals surface area contributed by atoms with E-state index in [1.54, 1.807) is 4.90 Å². The number of carboxylic acid groups (broad SMARTS) is 1. The summed E-state index contributed by atoms with van der Waals surface area (Å²) in [5.41, 5.74) is 7.64. The lowest BCUT2D eigenvalue weighted by atomic mass is 9.93. The Morgan fingerprint density at radius 3 is 2.84 bits per heavy atom. The van der Waals surface area contributed by atoms with Crippen molar-refractivity contribution in [1.82, 2.24) is 0 Å². The molecule has 5 heteroatoms. The van der Waals surface area contributed by atoms with Gasteiger partial charge in [0.05, 0.1) is 12.5 Å². The Morgan fingerprint density at radius 1 is 1.47 bits per heavy atom. The summed E-state index contributed by atoms with van der Waals surface area (Å²) in [6, 6.07) is 6.70. The highest BCUT2D eigenvalue weighted by molar-refractivity contribution is 5.99. The molecule has 19 heavy (non-hydrogen) atoms. The summed E-state index contributed by atoms with van der Waals surface area (Å²) in [6.07, 6.45) is 0.583. The number of carbonyl (C=O) groups is 2. The lowest BCUT2D eigenvalue weighted by molar-refractivity contribution is -0.139. The Hall–Kier alpha value is -1.88. The van der Waals surface area contributed by atoms with Crippen molar-refractivity contribution in [2.75, 3.05) is 11.4 Å². The summed E-state index contributed by atoms with van der Waals surface area (Å²) < 4.78 is 0. The highest BCUT2D eigenvalue weighted by atomic mass is 16.4. The number of nitrogens with zero attached hydrogens (tertiary/aromatic N) is 1. The molecule has 1 heterocycles. The molecular weight excluding hydrogens is 244 g/mol. The number of fused-ring (bicyclic) bond motifs is 1. The number of hydrogen-bond donors (Lipinski definition) is 2. The number of carbonyl (C=O) groups excluding carboxylic acids is 1. The third-order valence-electron chi connectivity index (χ3n) is 3.32. The molecule has 0 radical (unpaired) electrons. The number of para-hydroxylation sites is 1. The van der Waals surface area contributed by atoms with Gasteiger partial charge in [-0.1, -0.05) is 25.1 Å². The summed E-state index contributed by atoms with van der Waals surface area (Å²) >= 11 is 0. The zero-order chi connectivity index (χ0) is 14.0. The molecule has 1 aromatic carbocycles. The molecular formula is C14H18N2O3. The van der Waals surface area contributed by atoms with Gasteiger partial charge in [0.25, 0.3) is 0 Å². The van der Waals surface area contributed by atoms with Gasteiger partial charge in [-0.3, -0.25) is 9.59 Å². The molecule has 2 rings (SSSR count). The molecule has 2 unspecified atom stereocenters. The Kier molecular flexibility index (Phi) is 3.85. The predicted molar refractivity (Wildman–Crippen MR) is 71.9 cm³/mol. The minimum atomic E-state index is -1.06. The molecule has 2 atom stereocenters. The van der Waals surface area contributed by atoms with E-state index in [-0.39, 0.29) is 12.3 Å². The number of rotatable bonds is 3. The molecule has 1 aliphatic rings. The second-order valence-electron chi connectivity index (χ2n) is 5.09. The maximum atomic E-state index is 12.3. The highest BCUT2D eigenvalue weighted by Crippen LogP contribution is 2.29. The zero-order valence-corrected chi connectivity index (χ0v) is 10.9. The van der Waals surface area contributed by atoms with E-state index >= 15 is 0 Å². The fraction of sp³-hybridized carbons (Fsp3) is 0.429. The Balaban J connectivity index is 2.25. The van der Waals surface area contributed by atoms with E-state index < -0.39 is 12.0 Å². The van der Waals surface area contributed by atoms with Gasteiger partial charge in [0.2, 0.25) is 5.91 Å². The third kappa shape index (κ3) is 2.93. The topological polar surface area (TPSA) is 83.6 Å². The van der Waals surface area contributed by atoms with Crippen LogP contribution in [0.25, 0.3) is 0 Å². The van der Waals surface area contributed by atoms with Gasteiger partial charge in [-0.2, -0.15) is 0 Å². The van der Waals surface area contributed by atoms with E-state index in [1.807, 2.05) is 24.3 Å². The predicted octanol–water partition coefficient (Wildman–Crippen LogP) is 1.01. The third-order valence-corrected chi connectivity index (χ3v) is 3.32. The molecule has 0 spiro atoms. The number of hydrogen-bond acceptors (Lipinski definition) is 3. The maximum Gasteiger partial charge on any atom is 0.305 e. The van der Waals surface area contributed by atoms with E-state index in [0.29, 0.717) is 12.5 Å². The van der Waals surface area contributed by atoms with Gasteiger partial charge in [-0.05, 0) is 24.0 Å². The van der Waals surface area contributed by atoms with Gasteiger partial charge in [0, 0.05) is 12.2 Å². The molecule has 1 aliphatic heterocycles. The first-order valence-corrected chi connectivity index (χ1v) is 6.35. The van der Waals surface area contributed by atoms with Crippen LogP contribution in [0.3, 0.4) is 0 Å².